The Morgan fingerprint density at radius 2 is 1.95 bits per heavy atom. The molecule has 2 aromatic rings. The number of halogens is 2. The number of rotatable bonds is 3. The molecule has 0 aliphatic carbocycles. The first-order valence-corrected chi connectivity index (χ1v) is 7.59. The molecule has 1 N–H and O–H groups in total. The van der Waals surface area contributed by atoms with Gasteiger partial charge in [-0.3, -0.25) is 4.79 Å². The van der Waals surface area contributed by atoms with Crippen LogP contribution in [-0.4, -0.2) is 23.0 Å². The van der Waals surface area contributed by atoms with E-state index in [9.17, 15) is 9.90 Å². The van der Waals surface area contributed by atoms with E-state index < -0.39 is 0 Å². The minimum Gasteiger partial charge on any atom is -0.508 e. The van der Waals surface area contributed by atoms with Crippen molar-refractivity contribution in [3.05, 3.63) is 63.1 Å². The van der Waals surface area contributed by atoms with Crippen molar-refractivity contribution in [2.45, 2.75) is 13.0 Å². The maximum Gasteiger partial charge on any atom is 0.254 e. The van der Waals surface area contributed by atoms with Crippen molar-refractivity contribution in [2.24, 2.45) is 0 Å². The monoisotopic (exact) mass is 367 g/mol. The van der Waals surface area contributed by atoms with Gasteiger partial charge in [-0.25, -0.2) is 0 Å². The third kappa shape index (κ3) is 3.39. The Bertz CT molecular complexity index is 675. The molecule has 0 aliphatic rings. The Morgan fingerprint density at radius 1 is 1.29 bits per heavy atom. The SMILES string of the molecule is CC(c1ccccc1O)N(C)C(=O)c1ccc(Cl)c(Br)c1. The molecule has 0 heterocycles. The second-order valence-electron chi connectivity index (χ2n) is 4.78. The summed E-state index contributed by atoms with van der Waals surface area (Å²) in [5, 5.41) is 10.5. The van der Waals surface area contributed by atoms with Gasteiger partial charge in [0.15, 0.2) is 0 Å². The lowest BCUT2D eigenvalue weighted by molar-refractivity contribution is 0.0741. The molecule has 110 valence electrons. The maximum atomic E-state index is 12.5. The van der Waals surface area contributed by atoms with Crippen molar-refractivity contribution < 1.29 is 9.90 Å². The molecule has 1 amide bonds. The van der Waals surface area contributed by atoms with E-state index in [1.807, 2.05) is 19.1 Å². The molecule has 1 atom stereocenters. The summed E-state index contributed by atoms with van der Waals surface area (Å²) in [6.07, 6.45) is 0. The van der Waals surface area contributed by atoms with Crippen molar-refractivity contribution in [3.8, 4) is 5.75 Å². The van der Waals surface area contributed by atoms with Crippen LogP contribution in [0.1, 0.15) is 28.9 Å². The van der Waals surface area contributed by atoms with E-state index >= 15 is 0 Å². The number of benzene rings is 2. The van der Waals surface area contributed by atoms with Gasteiger partial charge < -0.3 is 10.0 Å². The molecule has 0 bridgehead atoms. The van der Waals surface area contributed by atoms with Crippen LogP contribution in [0.5, 0.6) is 5.75 Å². The van der Waals surface area contributed by atoms with Crippen LogP contribution in [0, 0.1) is 0 Å². The molecular formula is C16H15BrClNO2. The van der Waals surface area contributed by atoms with E-state index in [1.165, 1.54) is 0 Å². The Balaban J connectivity index is 2.26. The molecular weight excluding hydrogens is 354 g/mol. The molecule has 1 unspecified atom stereocenters. The van der Waals surface area contributed by atoms with Crippen molar-refractivity contribution in [3.63, 3.8) is 0 Å². The molecule has 0 aromatic heterocycles. The fourth-order valence-corrected chi connectivity index (χ4v) is 2.55. The summed E-state index contributed by atoms with van der Waals surface area (Å²) in [6.45, 7) is 1.87. The van der Waals surface area contributed by atoms with Gasteiger partial charge in [-0.05, 0) is 47.1 Å². The van der Waals surface area contributed by atoms with Crippen LogP contribution in [0.3, 0.4) is 0 Å². The van der Waals surface area contributed by atoms with Crippen LogP contribution < -0.4 is 0 Å². The van der Waals surface area contributed by atoms with E-state index in [0.717, 1.165) is 0 Å². The highest BCUT2D eigenvalue weighted by Crippen LogP contribution is 2.29. The fourth-order valence-electron chi connectivity index (χ4n) is 2.06. The molecule has 0 aliphatic heterocycles. The Morgan fingerprint density at radius 3 is 2.57 bits per heavy atom. The molecule has 2 aromatic carbocycles. The number of amides is 1. The number of phenols is 1. The summed E-state index contributed by atoms with van der Waals surface area (Å²) in [4.78, 5) is 14.1. The summed E-state index contributed by atoms with van der Waals surface area (Å²) in [7, 11) is 1.71. The van der Waals surface area contributed by atoms with Gasteiger partial charge >= 0.3 is 0 Å². The van der Waals surface area contributed by atoms with Gasteiger partial charge in [0.05, 0.1) is 11.1 Å². The lowest BCUT2D eigenvalue weighted by Gasteiger charge is -2.26. The average Bonchev–Trinajstić information content (AvgIpc) is 2.48. The third-order valence-electron chi connectivity index (χ3n) is 3.45. The lowest BCUT2D eigenvalue weighted by atomic mass is 10.1. The summed E-state index contributed by atoms with van der Waals surface area (Å²) in [5.74, 6) is 0.0463. The number of nitrogens with zero attached hydrogens (tertiary/aromatic N) is 1. The predicted molar refractivity (Wildman–Crippen MR) is 87.8 cm³/mol. The Labute approximate surface area is 137 Å². The second kappa shape index (κ2) is 6.50. The normalized spacial score (nSPS) is 12.0. The number of carbonyl (C=O) groups is 1. The molecule has 0 saturated carbocycles. The zero-order valence-corrected chi connectivity index (χ0v) is 14.0. The summed E-state index contributed by atoms with van der Waals surface area (Å²) in [6, 6.07) is 11.8. The largest absolute Gasteiger partial charge is 0.508 e. The zero-order valence-electron chi connectivity index (χ0n) is 11.7. The first kappa shape index (κ1) is 15.9. The molecule has 0 fully saturated rings. The van der Waals surface area contributed by atoms with E-state index in [0.29, 0.717) is 20.6 Å². The number of hydrogen-bond donors (Lipinski definition) is 1. The number of aromatic hydroxyl groups is 1. The average molecular weight is 369 g/mol. The summed E-state index contributed by atoms with van der Waals surface area (Å²) >= 11 is 9.25. The van der Waals surface area contributed by atoms with Gasteiger partial charge in [-0.2, -0.15) is 0 Å². The van der Waals surface area contributed by atoms with Crippen LogP contribution in [-0.2, 0) is 0 Å². The first-order chi connectivity index (χ1) is 9.91. The number of carbonyl (C=O) groups excluding carboxylic acids is 1. The highest BCUT2D eigenvalue weighted by molar-refractivity contribution is 9.10. The highest BCUT2D eigenvalue weighted by atomic mass is 79.9. The molecule has 5 heteroatoms. The molecule has 21 heavy (non-hydrogen) atoms. The summed E-state index contributed by atoms with van der Waals surface area (Å²) < 4.78 is 0.679. The van der Waals surface area contributed by atoms with Gasteiger partial charge in [-0.1, -0.05) is 29.8 Å². The number of phenolic OH excluding ortho intramolecular Hbond substituents is 1. The molecule has 0 spiro atoms. The maximum absolute atomic E-state index is 12.5. The predicted octanol–water partition coefficient (Wildman–Crippen LogP) is 4.64. The Hall–Kier alpha value is -1.52. The number of para-hydroxylation sites is 1. The quantitative estimate of drug-likeness (QED) is 0.857. The molecule has 0 saturated heterocycles. The minimum atomic E-state index is -0.242. The molecule has 3 nitrogen and oxygen atoms in total. The van der Waals surface area contributed by atoms with Gasteiger partial charge in [0.25, 0.3) is 5.91 Å². The van der Waals surface area contributed by atoms with Crippen LogP contribution in [0.15, 0.2) is 46.9 Å². The van der Waals surface area contributed by atoms with Crippen molar-refractivity contribution >= 4 is 33.4 Å². The van der Waals surface area contributed by atoms with Gasteiger partial charge in [-0.15, -0.1) is 0 Å². The van der Waals surface area contributed by atoms with Gasteiger partial charge in [0.2, 0.25) is 0 Å². The fraction of sp³-hybridized carbons (Fsp3) is 0.188. The third-order valence-corrected chi connectivity index (χ3v) is 4.67. The van der Waals surface area contributed by atoms with E-state index in [2.05, 4.69) is 15.9 Å². The molecule has 2 rings (SSSR count). The van der Waals surface area contributed by atoms with Crippen molar-refractivity contribution in [1.29, 1.82) is 0 Å². The van der Waals surface area contributed by atoms with Gasteiger partial charge in [0, 0.05) is 22.6 Å². The molecule has 0 radical (unpaired) electrons. The van der Waals surface area contributed by atoms with Crippen LogP contribution in [0.4, 0.5) is 0 Å². The van der Waals surface area contributed by atoms with Gasteiger partial charge in [0.1, 0.15) is 5.75 Å². The smallest absolute Gasteiger partial charge is 0.254 e. The Kier molecular flexibility index (Phi) is 4.91. The van der Waals surface area contributed by atoms with Crippen LogP contribution in [0.25, 0.3) is 0 Å². The second-order valence-corrected chi connectivity index (χ2v) is 6.04. The topological polar surface area (TPSA) is 40.5 Å². The standard InChI is InChI=1S/C16H15BrClNO2/c1-10(12-5-3-4-6-15(12)20)19(2)16(21)11-7-8-14(18)13(17)9-11/h3-10,20H,1-2H3. The highest BCUT2D eigenvalue weighted by Gasteiger charge is 2.21. The zero-order chi connectivity index (χ0) is 15.6. The first-order valence-electron chi connectivity index (χ1n) is 6.42. The van der Waals surface area contributed by atoms with Crippen LogP contribution >= 0.6 is 27.5 Å². The minimum absolute atomic E-state index is 0.136. The number of hydrogen-bond acceptors (Lipinski definition) is 2. The van der Waals surface area contributed by atoms with E-state index in [-0.39, 0.29) is 17.7 Å². The van der Waals surface area contributed by atoms with E-state index in [1.54, 1.807) is 42.3 Å². The van der Waals surface area contributed by atoms with E-state index in [4.69, 9.17) is 11.6 Å². The van der Waals surface area contributed by atoms with Crippen molar-refractivity contribution in [1.82, 2.24) is 4.90 Å². The lowest BCUT2D eigenvalue weighted by Crippen LogP contribution is -2.29. The summed E-state index contributed by atoms with van der Waals surface area (Å²) in [5.41, 5.74) is 1.25. The van der Waals surface area contributed by atoms with Crippen molar-refractivity contribution in [2.75, 3.05) is 7.05 Å². The van der Waals surface area contributed by atoms with Crippen LogP contribution in [0.2, 0.25) is 5.02 Å².